The Hall–Kier alpha value is -0.930. The molecule has 3 heteroatoms. The normalized spacial score (nSPS) is 31.9. The van der Waals surface area contributed by atoms with Crippen molar-refractivity contribution in [3.8, 4) is 0 Å². The predicted octanol–water partition coefficient (Wildman–Crippen LogP) is 5.48. The highest BCUT2D eigenvalue weighted by molar-refractivity contribution is 5.17. The third-order valence-corrected chi connectivity index (χ3v) is 5.64. The van der Waals surface area contributed by atoms with Crippen molar-refractivity contribution < 1.29 is 13.9 Å². The Bertz CT molecular complexity index is 457. The quantitative estimate of drug-likeness (QED) is 0.715. The van der Waals surface area contributed by atoms with E-state index in [0.29, 0.717) is 5.92 Å². The van der Waals surface area contributed by atoms with E-state index in [1.165, 1.54) is 57.1 Å². The zero-order chi connectivity index (χ0) is 16.1. The lowest BCUT2D eigenvalue weighted by molar-refractivity contribution is -0.206. The fourth-order valence-corrected chi connectivity index (χ4v) is 3.92. The molecule has 0 amide bonds. The first-order valence-electron chi connectivity index (χ1n) is 9.23. The highest BCUT2D eigenvalue weighted by atomic mass is 19.1. The zero-order valence-corrected chi connectivity index (χ0v) is 14.2. The van der Waals surface area contributed by atoms with Gasteiger partial charge in [0.25, 0.3) is 0 Å². The first-order chi connectivity index (χ1) is 11.2. The van der Waals surface area contributed by atoms with Crippen LogP contribution in [0.15, 0.2) is 24.3 Å². The van der Waals surface area contributed by atoms with Crippen molar-refractivity contribution in [1.82, 2.24) is 0 Å². The molecule has 1 aromatic carbocycles. The molecule has 0 radical (unpaired) electrons. The van der Waals surface area contributed by atoms with Crippen LogP contribution in [0.3, 0.4) is 0 Å². The maximum Gasteiger partial charge on any atom is 0.183 e. The van der Waals surface area contributed by atoms with Crippen LogP contribution >= 0.6 is 0 Å². The van der Waals surface area contributed by atoms with E-state index in [0.717, 1.165) is 30.6 Å². The zero-order valence-electron chi connectivity index (χ0n) is 14.2. The smallest absolute Gasteiger partial charge is 0.183 e. The summed E-state index contributed by atoms with van der Waals surface area (Å²) < 4.78 is 24.7. The maximum atomic E-state index is 13.0. The molecule has 2 fully saturated rings. The van der Waals surface area contributed by atoms with Gasteiger partial charge in [-0.1, -0.05) is 57.6 Å². The number of ether oxygens (including phenoxy) is 2. The Balaban J connectivity index is 1.37. The number of hydrogen-bond donors (Lipinski definition) is 0. The highest BCUT2D eigenvalue weighted by Crippen LogP contribution is 2.35. The van der Waals surface area contributed by atoms with Gasteiger partial charge in [-0.25, -0.2) is 4.39 Å². The molecule has 2 nitrogen and oxygen atoms in total. The van der Waals surface area contributed by atoms with Crippen LogP contribution in [-0.2, 0) is 9.47 Å². The van der Waals surface area contributed by atoms with Gasteiger partial charge in [0, 0.05) is 11.5 Å². The van der Waals surface area contributed by atoms with Crippen LogP contribution in [0.2, 0.25) is 0 Å². The molecule has 0 atom stereocenters. The molecule has 0 spiro atoms. The van der Waals surface area contributed by atoms with Gasteiger partial charge < -0.3 is 9.47 Å². The van der Waals surface area contributed by atoms with E-state index in [9.17, 15) is 4.39 Å². The van der Waals surface area contributed by atoms with Gasteiger partial charge in [-0.2, -0.15) is 0 Å². The molecule has 1 saturated heterocycles. The van der Waals surface area contributed by atoms with Crippen LogP contribution in [0.25, 0.3) is 0 Å². The van der Waals surface area contributed by atoms with Crippen molar-refractivity contribution in [3.05, 3.63) is 35.6 Å². The van der Waals surface area contributed by atoms with E-state index >= 15 is 0 Å². The largest absolute Gasteiger partial charge is 0.348 e. The van der Waals surface area contributed by atoms with Gasteiger partial charge in [0.05, 0.1) is 13.2 Å². The topological polar surface area (TPSA) is 18.5 Å². The Kier molecular flexibility index (Phi) is 6.07. The second-order valence-electron chi connectivity index (χ2n) is 7.29. The van der Waals surface area contributed by atoms with Gasteiger partial charge in [0.15, 0.2) is 6.29 Å². The summed E-state index contributed by atoms with van der Waals surface area (Å²) in [7, 11) is 0. The van der Waals surface area contributed by atoms with E-state index in [2.05, 4.69) is 6.92 Å². The van der Waals surface area contributed by atoms with Gasteiger partial charge in [0.2, 0.25) is 0 Å². The summed E-state index contributed by atoms with van der Waals surface area (Å²) in [4.78, 5) is 0. The number of hydrogen-bond acceptors (Lipinski definition) is 2. The standard InChI is InChI=1S/C20H29FO2/c1-2-15-3-5-16(6-4-15)7-8-17-13-22-20(23-14-17)18-9-11-19(21)12-10-18/h9-12,15-17,20H,2-8,13-14H2,1H3/t15-,16-,17-,20-. The Morgan fingerprint density at radius 2 is 1.43 bits per heavy atom. The molecule has 2 aliphatic rings. The van der Waals surface area contributed by atoms with Crippen LogP contribution in [0.5, 0.6) is 0 Å². The molecule has 1 aliphatic heterocycles. The maximum absolute atomic E-state index is 13.0. The summed E-state index contributed by atoms with van der Waals surface area (Å²) in [6.07, 6.45) is 9.20. The average Bonchev–Trinajstić information content (AvgIpc) is 2.61. The van der Waals surface area contributed by atoms with E-state index < -0.39 is 0 Å². The van der Waals surface area contributed by atoms with Crippen LogP contribution < -0.4 is 0 Å². The molecule has 1 saturated carbocycles. The van der Waals surface area contributed by atoms with E-state index in [1.54, 1.807) is 12.1 Å². The Morgan fingerprint density at radius 3 is 2.04 bits per heavy atom. The fraction of sp³-hybridized carbons (Fsp3) is 0.700. The molecule has 3 rings (SSSR count). The van der Waals surface area contributed by atoms with Crippen LogP contribution in [0, 0.1) is 23.6 Å². The highest BCUT2D eigenvalue weighted by Gasteiger charge is 2.25. The molecule has 128 valence electrons. The number of halogens is 1. The first-order valence-corrected chi connectivity index (χ1v) is 9.23. The van der Waals surface area contributed by atoms with E-state index in [-0.39, 0.29) is 12.1 Å². The number of benzene rings is 1. The van der Waals surface area contributed by atoms with Crippen LogP contribution in [0.1, 0.15) is 63.7 Å². The lowest BCUT2D eigenvalue weighted by Crippen LogP contribution is -2.27. The van der Waals surface area contributed by atoms with E-state index in [1.807, 2.05) is 0 Å². The molecule has 0 N–H and O–H groups in total. The second-order valence-corrected chi connectivity index (χ2v) is 7.29. The molecule has 0 unspecified atom stereocenters. The second kappa shape index (κ2) is 8.25. The lowest BCUT2D eigenvalue weighted by Gasteiger charge is -2.32. The average molecular weight is 320 g/mol. The molecule has 23 heavy (non-hydrogen) atoms. The van der Waals surface area contributed by atoms with Crippen molar-refractivity contribution in [2.24, 2.45) is 17.8 Å². The molecule has 1 aliphatic carbocycles. The SMILES string of the molecule is CC[C@H]1CC[C@H](CC[C@H]2CO[C@H](c3ccc(F)cc3)OC2)CC1. The first kappa shape index (κ1) is 16.9. The van der Waals surface area contributed by atoms with E-state index in [4.69, 9.17) is 9.47 Å². The van der Waals surface area contributed by atoms with Gasteiger partial charge in [-0.3, -0.25) is 0 Å². The molecular weight excluding hydrogens is 291 g/mol. The van der Waals surface area contributed by atoms with Crippen LogP contribution in [-0.4, -0.2) is 13.2 Å². The van der Waals surface area contributed by atoms with Crippen LogP contribution in [0.4, 0.5) is 4.39 Å². The molecule has 1 aromatic rings. The molecule has 0 bridgehead atoms. The van der Waals surface area contributed by atoms with Gasteiger partial charge in [0.1, 0.15) is 5.82 Å². The minimum Gasteiger partial charge on any atom is -0.348 e. The minimum absolute atomic E-state index is 0.222. The molecule has 0 aromatic heterocycles. The van der Waals surface area contributed by atoms with Gasteiger partial charge >= 0.3 is 0 Å². The minimum atomic E-state index is -0.327. The summed E-state index contributed by atoms with van der Waals surface area (Å²) in [6, 6.07) is 6.40. The lowest BCUT2D eigenvalue weighted by atomic mass is 9.78. The fourth-order valence-electron chi connectivity index (χ4n) is 3.92. The molecule has 1 heterocycles. The van der Waals surface area contributed by atoms with Crippen molar-refractivity contribution in [2.45, 2.75) is 58.2 Å². The predicted molar refractivity (Wildman–Crippen MR) is 89.5 cm³/mol. The summed E-state index contributed by atoms with van der Waals surface area (Å²) in [5, 5.41) is 0. The Labute approximate surface area is 139 Å². The monoisotopic (exact) mass is 320 g/mol. The summed E-state index contributed by atoms with van der Waals surface area (Å²) in [5.41, 5.74) is 0.905. The van der Waals surface area contributed by atoms with Crippen molar-refractivity contribution in [3.63, 3.8) is 0 Å². The third-order valence-electron chi connectivity index (χ3n) is 5.64. The Morgan fingerprint density at radius 1 is 0.870 bits per heavy atom. The van der Waals surface area contributed by atoms with Crippen molar-refractivity contribution in [1.29, 1.82) is 0 Å². The summed E-state index contributed by atoms with van der Waals surface area (Å²) in [6.45, 7) is 3.83. The summed E-state index contributed by atoms with van der Waals surface area (Å²) >= 11 is 0. The van der Waals surface area contributed by atoms with Crippen molar-refractivity contribution >= 4 is 0 Å². The summed E-state index contributed by atoms with van der Waals surface area (Å²) in [5.74, 6) is 2.17. The van der Waals surface area contributed by atoms with Gasteiger partial charge in [-0.15, -0.1) is 0 Å². The third kappa shape index (κ3) is 4.77. The van der Waals surface area contributed by atoms with Crippen molar-refractivity contribution in [2.75, 3.05) is 13.2 Å². The number of rotatable bonds is 5. The van der Waals surface area contributed by atoms with Gasteiger partial charge in [-0.05, 0) is 30.4 Å². The molecular formula is C20H29FO2.